The molecule has 0 aliphatic heterocycles. The van der Waals surface area contributed by atoms with Gasteiger partial charge in [0, 0.05) is 5.56 Å². The summed E-state index contributed by atoms with van der Waals surface area (Å²) in [5.74, 6) is 0. The molecule has 0 fully saturated rings. The highest BCUT2D eigenvalue weighted by molar-refractivity contribution is 6.04. The molecule has 1 aromatic rings. The molecule has 0 spiro atoms. The van der Waals surface area contributed by atoms with E-state index in [1.54, 1.807) is 0 Å². The van der Waals surface area contributed by atoms with E-state index < -0.39 is 0 Å². The third kappa shape index (κ3) is 0.998. The summed E-state index contributed by atoms with van der Waals surface area (Å²) in [6.07, 6.45) is 1.88. The molecule has 2 nitrogen and oxygen atoms in total. The van der Waals surface area contributed by atoms with E-state index in [9.17, 15) is 0 Å². The van der Waals surface area contributed by atoms with Gasteiger partial charge in [-0.15, -0.1) is 0 Å². The number of fused-ring (bicyclic) bond motifs is 1. The Morgan fingerprint density at radius 3 is 2.92 bits per heavy atom. The molecule has 0 heterocycles. The second-order valence-electron chi connectivity index (χ2n) is 3.21. The largest absolute Gasteiger partial charge is 0.411 e. The van der Waals surface area contributed by atoms with E-state index in [1.165, 1.54) is 11.1 Å². The molecule has 0 unspecified atom stereocenters. The summed E-state index contributed by atoms with van der Waals surface area (Å²) in [4.78, 5) is 0. The molecule has 1 N–H and O–H groups in total. The maximum Gasteiger partial charge on any atom is 0.0873 e. The first-order valence-corrected chi connectivity index (χ1v) is 4.12. The smallest absolute Gasteiger partial charge is 0.0873 e. The Kier molecular flexibility index (Phi) is 1.61. The van der Waals surface area contributed by atoms with Crippen LogP contribution >= 0.6 is 0 Å². The second-order valence-corrected chi connectivity index (χ2v) is 3.21. The fourth-order valence-electron chi connectivity index (χ4n) is 1.70. The Morgan fingerprint density at radius 1 is 1.33 bits per heavy atom. The monoisotopic (exact) mass is 161 g/mol. The molecule has 0 radical (unpaired) electrons. The number of aryl methyl sites for hydroxylation is 2. The number of hydrogen-bond donors (Lipinski definition) is 1. The van der Waals surface area contributed by atoms with Crippen molar-refractivity contribution >= 4 is 5.71 Å². The third-order valence-corrected chi connectivity index (χ3v) is 2.32. The average Bonchev–Trinajstić information content (AvgIpc) is 2.46. The number of hydrogen-bond acceptors (Lipinski definition) is 2. The van der Waals surface area contributed by atoms with Crippen LogP contribution in [0.4, 0.5) is 0 Å². The Hall–Kier alpha value is -1.31. The third-order valence-electron chi connectivity index (χ3n) is 2.32. The van der Waals surface area contributed by atoms with Crippen LogP contribution in [0.3, 0.4) is 0 Å². The lowest BCUT2D eigenvalue weighted by atomic mass is 10.1. The number of nitrogens with zero attached hydrogens (tertiary/aromatic N) is 1. The molecule has 0 bridgehead atoms. The van der Waals surface area contributed by atoms with E-state index in [-0.39, 0.29) is 0 Å². The van der Waals surface area contributed by atoms with Crippen molar-refractivity contribution in [3.05, 3.63) is 34.9 Å². The van der Waals surface area contributed by atoms with E-state index in [1.807, 2.05) is 6.07 Å². The van der Waals surface area contributed by atoms with Crippen LogP contribution in [0.1, 0.15) is 23.1 Å². The molecular weight excluding hydrogens is 150 g/mol. The highest BCUT2D eigenvalue weighted by atomic mass is 16.4. The van der Waals surface area contributed by atoms with Crippen LogP contribution in [-0.4, -0.2) is 10.9 Å². The summed E-state index contributed by atoms with van der Waals surface area (Å²) in [5, 5.41) is 11.9. The molecule has 62 valence electrons. The first-order valence-electron chi connectivity index (χ1n) is 4.12. The van der Waals surface area contributed by atoms with E-state index >= 15 is 0 Å². The van der Waals surface area contributed by atoms with Crippen molar-refractivity contribution in [2.24, 2.45) is 5.16 Å². The van der Waals surface area contributed by atoms with Crippen molar-refractivity contribution in [3.63, 3.8) is 0 Å². The summed E-state index contributed by atoms with van der Waals surface area (Å²) < 4.78 is 0. The minimum atomic E-state index is 0.824. The molecule has 0 saturated heterocycles. The van der Waals surface area contributed by atoms with Crippen LogP contribution in [0.25, 0.3) is 0 Å². The maximum absolute atomic E-state index is 8.67. The molecule has 0 atom stereocenters. The minimum Gasteiger partial charge on any atom is -0.411 e. The molecule has 2 rings (SSSR count). The first-order chi connectivity index (χ1) is 5.81. The Labute approximate surface area is 71.5 Å². The molecule has 0 saturated carbocycles. The summed E-state index contributed by atoms with van der Waals surface area (Å²) in [7, 11) is 0. The normalized spacial score (nSPS) is 18.2. The van der Waals surface area contributed by atoms with Gasteiger partial charge in [-0.05, 0) is 25.3 Å². The van der Waals surface area contributed by atoms with Crippen molar-refractivity contribution in [1.29, 1.82) is 0 Å². The van der Waals surface area contributed by atoms with Gasteiger partial charge in [-0.2, -0.15) is 0 Å². The van der Waals surface area contributed by atoms with Crippen LogP contribution in [-0.2, 0) is 6.42 Å². The van der Waals surface area contributed by atoms with Gasteiger partial charge in [0.1, 0.15) is 0 Å². The highest BCUT2D eigenvalue weighted by Gasteiger charge is 2.17. The molecule has 1 aliphatic carbocycles. The van der Waals surface area contributed by atoms with Gasteiger partial charge < -0.3 is 5.21 Å². The summed E-state index contributed by atoms with van der Waals surface area (Å²) in [6.45, 7) is 2.08. The minimum absolute atomic E-state index is 0.824. The van der Waals surface area contributed by atoms with Gasteiger partial charge in [-0.3, -0.25) is 0 Å². The van der Waals surface area contributed by atoms with Gasteiger partial charge in [0.05, 0.1) is 5.71 Å². The van der Waals surface area contributed by atoms with E-state index in [4.69, 9.17) is 5.21 Å². The van der Waals surface area contributed by atoms with E-state index in [2.05, 4.69) is 24.2 Å². The van der Waals surface area contributed by atoms with E-state index in [0.717, 1.165) is 24.1 Å². The lowest BCUT2D eigenvalue weighted by Crippen LogP contribution is -1.93. The lowest BCUT2D eigenvalue weighted by Gasteiger charge is -1.98. The molecule has 1 aromatic carbocycles. The molecule has 12 heavy (non-hydrogen) atoms. The lowest BCUT2D eigenvalue weighted by molar-refractivity contribution is 0.318. The highest BCUT2D eigenvalue weighted by Crippen LogP contribution is 2.23. The van der Waals surface area contributed by atoms with Gasteiger partial charge in [0.2, 0.25) is 0 Å². The summed E-state index contributed by atoms with van der Waals surface area (Å²) >= 11 is 0. The van der Waals surface area contributed by atoms with Crippen LogP contribution in [0, 0.1) is 6.92 Å². The number of rotatable bonds is 0. The average molecular weight is 161 g/mol. The van der Waals surface area contributed by atoms with Crippen LogP contribution < -0.4 is 0 Å². The molecular formula is C10H11NO. The SMILES string of the molecule is Cc1ccc2c(c1)CC/C2=N\O. The number of oxime groups is 1. The van der Waals surface area contributed by atoms with Gasteiger partial charge in [0.25, 0.3) is 0 Å². The van der Waals surface area contributed by atoms with Gasteiger partial charge in [-0.25, -0.2) is 0 Å². The van der Waals surface area contributed by atoms with Crippen LogP contribution in [0.2, 0.25) is 0 Å². The fraction of sp³-hybridized carbons (Fsp3) is 0.300. The predicted molar refractivity (Wildman–Crippen MR) is 47.8 cm³/mol. The quantitative estimate of drug-likeness (QED) is 0.458. The predicted octanol–water partition coefficient (Wildman–Crippen LogP) is 2.12. The molecule has 2 heteroatoms. The zero-order chi connectivity index (χ0) is 8.55. The van der Waals surface area contributed by atoms with Gasteiger partial charge in [0.15, 0.2) is 0 Å². The van der Waals surface area contributed by atoms with Gasteiger partial charge in [-0.1, -0.05) is 28.9 Å². The molecule has 0 aromatic heterocycles. The van der Waals surface area contributed by atoms with E-state index in [0.29, 0.717) is 0 Å². The molecule has 1 aliphatic rings. The second kappa shape index (κ2) is 2.63. The van der Waals surface area contributed by atoms with Crippen LogP contribution in [0.5, 0.6) is 0 Å². The maximum atomic E-state index is 8.67. The van der Waals surface area contributed by atoms with Crippen molar-refractivity contribution < 1.29 is 5.21 Å². The van der Waals surface area contributed by atoms with Crippen LogP contribution in [0.15, 0.2) is 23.4 Å². The Balaban J connectivity index is 2.55. The zero-order valence-corrected chi connectivity index (χ0v) is 7.04. The zero-order valence-electron chi connectivity index (χ0n) is 7.04. The van der Waals surface area contributed by atoms with Gasteiger partial charge >= 0.3 is 0 Å². The first kappa shape index (κ1) is 7.35. The standard InChI is InChI=1S/C10H11NO/c1-7-2-4-9-8(6-7)3-5-10(9)11-12/h2,4,6,12H,3,5H2,1H3/b11-10+. The fourth-order valence-corrected chi connectivity index (χ4v) is 1.70. The Morgan fingerprint density at radius 2 is 2.17 bits per heavy atom. The van der Waals surface area contributed by atoms with Crippen molar-refractivity contribution in [2.75, 3.05) is 0 Å². The number of benzene rings is 1. The topological polar surface area (TPSA) is 32.6 Å². The van der Waals surface area contributed by atoms with Crippen molar-refractivity contribution in [2.45, 2.75) is 19.8 Å². The van der Waals surface area contributed by atoms with Crippen molar-refractivity contribution in [3.8, 4) is 0 Å². The summed E-state index contributed by atoms with van der Waals surface area (Å²) in [5.41, 5.74) is 4.52. The summed E-state index contributed by atoms with van der Waals surface area (Å²) in [6, 6.07) is 6.25. The molecule has 0 amide bonds. The van der Waals surface area contributed by atoms with Crippen molar-refractivity contribution in [1.82, 2.24) is 0 Å². The Bertz CT molecular complexity index is 342.